The van der Waals surface area contributed by atoms with Crippen molar-refractivity contribution in [1.29, 1.82) is 0 Å². The number of carbonyl (C=O) groups excluding carboxylic acids is 1. The van der Waals surface area contributed by atoms with Crippen molar-refractivity contribution >= 4 is 5.91 Å². The van der Waals surface area contributed by atoms with E-state index in [2.05, 4.69) is 38.7 Å². The highest BCUT2D eigenvalue weighted by molar-refractivity contribution is 5.84. The number of hydrogen-bond donors (Lipinski definition) is 1. The number of carbonyl (C=O) groups is 1. The Morgan fingerprint density at radius 2 is 1.92 bits per heavy atom. The van der Waals surface area contributed by atoms with Gasteiger partial charge in [0.05, 0.1) is 18.6 Å². The predicted octanol–water partition coefficient (Wildman–Crippen LogP) is 1.77. The number of piperazine rings is 1. The number of ether oxygens (including phenoxy) is 1. The highest BCUT2D eigenvalue weighted by Crippen LogP contribution is 2.60. The van der Waals surface area contributed by atoms with Crippen LogP contribution < -0.4 is 0 Å². The molecular formula is C19H34N2O3. The molecule has 1 aliphatic heterocycles. The van der Waals surface area contributed by atoms with Gasteiger partial charge in [-0.3, -0.25) is 9.69 Å². The van der Waals surface area contributed by atoms with Gasteiger partial charge < -0.3 is 14.7 Å². The molecule has 0 spiro atoms. The molecule has 0 aromatic carbocycles. The van der Waals surface area contributed by atoms with Crippen molar-refractivity contribution in [1.82, 2.24) is 9.80 Å². The van der Waals surface area contributed by atoms with E-state index in [0.29, 0.717) is 31.6 Å². The van der Waals surface area contributed by atoms with Crippen LogP contribution in [-0.2, 0) is 9.53 Å². The molecule has 5 nitrogen and oxygen atoms in total. The van der Waals surface area contributed by atoms with Crippen LogP contribution in [-0.4, -0.2) is 72.9 Å². The smallest absolute Gasteiger partial charge is 0.226 e. The second-order valence-corrected chi connectivity index (χ2v) is 8.01. The SMILES string of the molecule is CCOC[C@H](O)CN1CCN(C(=O)[C@H]2[C@@H](C=C(C)C)C2(C)C)CC1. The molecule has 1 saturated heterocycles. The summed E-state index contributed by atoms with van der Waals surface area (Å²) in [6.45, 7) is 15.3. The van der Waals surface area contributed by atoms with Gasteiger partial charge in [-0.15, -0.1) is 0 Å². The molecule has 24 heavy (non-hydrogen) atoms. The summed E-state index contributed by atoms with van der Waals surface area (Å²) in [7, 11) is 0. The molecule has 2 rings (SSSR count). The number of aliphatic hydroxyl groups excluding tert-OH is 1. The Morgan fingerprint density at radius 1 is 1.29 bits per heavy atom. The van der Waals surface area contributed by atoms with Crippen molar-refractivity contribution in [2.75, 3.05) is 45.9 Å². The predicted molar refractivity (Wildman–Crippen MR) is 95.7 cm³/mol. The molecule has 0 aromatic heterocycles. The fourth-order valence-corrected chi connectivity index (χ4v) is 3.77. The Labute approximate surface area is 146 Å². The molecule has 5 heteroatoms. The third-order valence-corrected chi connectivity index (χ3v) is 5.36. The van der Waals surface area contributed by atoms with Crippen molar-refractivity contribution in [3.63, 3.8) is 0 Å². The molecule has 0 radical (unpaired) electrons. The number of allylic oxidation sites excluding steroid dienone is 2. The van der Waals surface area contributed by atoms with E-state index in [1.165, 1.54) is 5.57 Å². The average molecular weight is 338 g/mol. The third-order valence-electron chi connectivity index (χ3n) is 5.36. The molecule has 1 heterocycles. The van der Waals surface area contributed by atoms with E-state index in [0.717, 1.165) is 26.2 Å². The van der Waals surface area contributed by atoms with Crippen LogP contribution >= 0.6 is 0 Å². The van der Waals surface area contributed by atoms with E-state index in [9.17, 15) is 9.90 Å². The molecule has 0 aromatic rings. The lowest BCUT2D eigenvalue weighted by Gasteiger charge is -2.36. The molecule has 0 bridgehead atoms. The zero-order valence-corrected chi connectivity index (χ0v) is 15.9. The van der Waals surface area contributed by atoms with Gasteiger partial charge in [0.1, 0.15) is 0 Å². The second kappa shape index (κ2) is 7.98. The minimum atomic E-state index is -0.448. The van der Waals surface area contributed by atoms with Crippen molar-refractivity contribution in [3.05, 3.63) is 11.6 Å². The Morgan fingerprint density at radius 3 is 2.46 bits per heavy atom. The highest BCUT2D eigenvalue weighted by atomic mass is 16.5. The number of nitrogens with zero attached hydrogens (tertiary/aromatic N) is 2. The maximum atomic E-state index is 12.8. The van der Waals surface area contributed by atoms with Crippen molar-refractivity contribution in [2.24, 2.45) is 17.3 Å². The monoisotopic (exact) mass is 338 g/mol. The molecule has 0 unspecified atom stereocenters. The van der Waals surface area contributed by atoms with Crippen LogP contribution in [0.4, 0.5) is 0 Å². The summed E-state index contributed by atoms with van der Waals surface area (Å²) in [6, 6.07) is 0. The van der Waals surface area contributed by atoms with Gasteiger partial charge in [0.15, 0.2) is 0 Å². The first-order valence-electron chi connectivity index (χ1n) is 9.19. The summed E-state index contributed by atoms with van der Waals surface area (Å²) in [6.07, 6.45) is 1.81. The van der Waals surface area contributed by atoms with E-state index >= 15 is 0 Å². The van der Waals surface area contributed by atoms with E-state index in [1.54, 1.807) is 0 Å². The number of hydrogen-bond acceptors (Lipinski definition) is 4. The number of amides is 1. The molecule has 1 N–H and O–H groups in total. The van der Waals surface area contributed by atoms with Crippen molar-refractivity contribution in [3.8, 4) is 0 Å². The summed E-state index contributed by atoms with van der Waals surface area (Å²) < 4.78 is 5.26. The van der Waals surface area contributed by atoms with Crippen LogP contribution in [0.15, 0.2) is 11.6 Å². The number of rotatable bonds is 7. The van der Waals surface area contributed by atoms with Crippen LogP contribution in [0, 0.1) is 17.3 Å². The quantitative estimate of drug-likeness (QED) is 0.719. The first kappa shape index (κ1) is 19.4. The van der Waals surface area contributed by atoms with Gasteiger partial charge in [-0.25, -0.2) is 0 Å². The molecule has 138 valence electrons. The van der Waals surface area contributed by atoms with Gasteiger partial charge in [-0.2, -0.15) is 0 Å². The van der Waals surface area contributed by atoms with Crippen LogP contribution in [0.3, 0.4) is 0 Å². The Kier molecular flexibility index (Phi) is 6.46. The lowest BCUT2D eigenvalue weighted by Crippen LogP contribution is -2.51. The molecule has 1 saturated carbocycles. The Bertz CT molecular complexity index is 463. The Hall–Kier alpha value is -0.910. The zero-order chi connectivity index (χ0) is 17.9. The zero-order valence-electron chi connectivity index (χ0n) is 15.9. The van der Waals surface area contributed by atoms with Gasteiger partial charge >= 0.3 is 0 Å². The third kappa shape index (κ3) is 4.58. The van der Waals surface area contributed by atoms with Crippen molar-refractivity contribution in [2.45, 2.75) is 40.7 Å². The van der Waals surface area contributed by atoms with E-state index in [-0.39, 0.29) is 11.3 Å². The van der Waals surface area contributed by atoms with E-state index in [4.69, 9.17) is 4.74 Å². The molecule has 2 aliphatic rings. The fraction of sp³-hybridized carbons (Fsp3) is 0.842. The van der Waals surface area contributed by atoms with Crippen LogP contribution in [0.25, 0.3) is 0 Å². The lowest BCUT2D eigenvalue weighted by molar-refractivity contribution is -0.135. The van der Waals surface area contributed by atoms with E-state index < -0.39 is 6.10 Å². The van der Waals surface area contributed by atoms with Crippen LogP contribution in [0.1, 0.15) is 34.6 Å². The summed E-state index contributed by atoms with van der Waals surface area (Å²) in [5, 5.41) is 9.94. The van der Waals surface area contributed by atoms with Gasteiger partial charge in [0.2, 0.25) is 5.91 Å². The van der Waals surface area contributed by atoms with Crippen molar-refractivity contribution < 1.29 is 14.6 Å². The highest BCUT2D eigenvalue weighted by Gasteiger charge is 2.61. The summed E-state index contributed by atoms with van der Waals surface area (Å²) >= 11 is 0. The maximum Gasteiger partial charge on any atom is 0.226 e. The standard InChI is InChI=1S/C19H34N2O3/c1-6-24-13-15(22)12-20-7-9-21(10-8-20)18(23)17-16(11-14(2)3)19(17,4)5/h11,15-17,22H,6-10,12-13H2,1-5H3/t15-,16-,17-/m1/s1. The van der Waals surface area contributed by atoms with Crippen LogP contribution in [0.5, 0.6) is 0 Å². The summed E-state index contributed by atoms with van der Waals surface area (Å²) in [5.41, 5.74) is 1.37. The summed E-state index contributed by atoms with van der Waals surface area (Å²) in [5.74, 6) is 0.806. The second-order valence-electron chi connectivity index (χ2n) is 8.01. The number of aliphatic hydroxyl groups is 1. The van der Waals surface area contributed by atoms with Gasteiger partial charge in [0.25, 0.3) is 0 Å². The maximum absolute atomic E-state index is 12.8. The van der Waals surface area contributed by atoms with Crippen LogP contribution in [0.2, 0.25) is 0 Å². The number of β-amino-alcohol motifs (C(OH)–C–C–N with tert-alkyl or cyclic N) is 1. The van der Waals surface area contributed by atoms with Gasteiger partial charge in [-0.1, -0.05) is 25.5 Å². The average Bonchev–Trinajstić information content (AvgIpc) is 3.05. The minimum absolute atomic E-state index is 0.0825. The molecule has 2 fully saturated rings. The summed E-state index contributed by atoms with van der Waals surface area (Å²) in [4.78, 5) is 17.1. The molecule has 1 amide bonds. The first-order chi connectivity index (χ1) is 11.3. The normalized spacial score (nSPS) is 27.7. The fourth-order valence-electron chi connectivity index (χ4n) is 3.77. The topological polar surface area (TPSA) is 53.0 Å². The molecular weight excluding hydrogens is 304 g/mol. The van der Waals surface area contributed by atoms with Gasteiger partial charge in [0, 0.05) is 39.3 Å². The Balaban J connectivity index is 1.80. The molecule has 1 aliphatic carbocycles. The first-order valence-corrected chi connectivity index (χ1v) is 9.19. The lowest BCUT2D eigenvalue weighted by atomic mass is 10.1. The largest absolute Gasteiger partial charge is 0.389 e. The minimum Gasteiger partial charge on any atom is -0.389 e. The van der Waals surface area contributed by atoms with E-state index in [1.807, 2.05) is 11.8 Å². The molecule has 3 atom stereocenters. The van der Waals surface area contributed by atoms with Gasteiger partial charge in [-0.05, 0) is 32.1 Å².